The first-order valence-electron chi connectivity index (χ1n) is 8.15. The van der Waals surface area contributed by atoms with Crippen molar-refractivity contribution in [1.82, 2.24) is 19.0 Å². The van der Waals surface area contributed by atoms with Crippen LogP contribution in [0.4, 0.5) is 0 Å². The first-order chi connectivity index (χ1) is 11.6. The summed E-state index contributed by atoms with van der Waals surface area (Å²) in [6.07, 6.45) is 3.81. The van der Waals surface area contributed by atoms with Crippen LogP contribution in [0.15, 0.2) is 54.9 Å². The molecule has 0 atom stereocenters. The summed E-state index contributed by atoms with van der Waals surface area (Å²) in [6, 6.07) is 14.3. The Morgan fingerprint density at radius 3 is 2.54 bits per heavy atom. The van der Waals surface area contributed by atoms with Gasteiger partial charge in [0.15, 0.2) is 0 Å². The van der Waals surface area contributed by atoms with E-state index in [0.29, 0.717) is 0 Å². The van der Waals surface area contributed by atoms with Gasteiger partial charge in [0.1, 0.15) is 11.5 Å². The molecule has 122 valence electrons. The number of benzene rings is 1. The van der Waals surface area contributed by atoms with Gasteiger partial charge in [-0.05, 0) is 19.1 Å². The van der Waals surface area contributed by atoms with E-state index in [1.807, 2.05) is 59.2 Å². The van der Waals surface area contributed by atoms with Crippen molar-refractivity contribution in [3.8, 4) is 11.4 Å². The van der Waals surface area contributed by atoms with Crippen molar-refractivity contribution in [3.63, 3.8) is 0 Å². The number of aryl methyl sites for hydroxylation is 2. The van der Waals surface area contributed by atoms with E-state index >= 15 is 0 Å². The molecule has 0 bridgehead atoms. The molecular weight excluding hydrogens is 300 g/mol. The van der Waals surface area contributed by atoms with Crippen LogP contribution < -0.4 is 0 Å². The molecule has 1 fully saturated rings. The summed E-state index contributed by atoms with van der Waals surface area (Å²) in [5, 5.41) is 0. The van der Waals surface area contributed by atoms with Crippen LogP contribution in [0.3, 0.4) is 0 Å². The number of amides is 1. The molecule has 3 aromatic rings. The van der Waals surface area contributed by atoms with Crippen molar-refractivity contribution in [2.24, 2.45) is 7.05 Å². The van der Waals surface area contributed by atoms with Crippen LogP contribution in [0, 0.1) is 6.92 Å². The highest BCUT2D eigenvalue weighted by Gasteiger charge is 2.35. The largest absolute Gasteiger partial charge is 0.347 e. The third-order valence-corrected chi connectivity index (χ3v) is 4.69. The molecule has 1 amide bonds. The SMILES string of the molecule is Cc1cnc(-c2ccccc2)n1C1CN(C(=O)c2cccn2C)C1. The summed E-state index contributed by atoms with van der Waals surface area (Å²) < 4.78 is 4.12. The number of nitrogens with zero attached hydrogens (tertiary/aromatic N) is 4. The van der Waals surface area contributed by atoms with Crippen molar-refractivity contribution in [2.75, 3.05) is 13.1 Å². The van der Waals surface area contributed by atoms with Crippen LogP contribution in [0.5, 0.6) is 0 Å². The Labute approximate surface area is 141 Å². The third-order valence-electron chi connectivity index (χ3n) is 4.69. The van der Waals surface area contributed by atoms with Crippen LogP contribution in [-0.2, 0) is 7.05 Å². The predicted octanol–water partition coefficient (Wildman–Crippen LogP) is 2.89. The van der Waals surface area contributed by atoms with E-state index in [4.69, 9.17) is 0 Å². The number of carbonyl (C=O) groups excluding carboxylic acids is 1. The monoisotopic (exact) mass is 320 g/mol. The Hall–Kier alpha value is -2.82. The lowest BCUT2D eigenvalue weighted by atomic mass is 10.1. The lowest BCUT2D eigenvalue weighted by molar-refractivity contribution is 0.0510. The number of aromatic nitrogens is 3. The normalized spacial score (nSPS) is 14.7. The number of rotatable bonds is 3. The fourth-order valence-corrected chi connectivity index (χ4v) is 3.34. The molecule has 0 spiro atoms. The van der Waals surface area contributed by atoms with E-state index in [-0.39, 0.29) is 11.9 Å². The van der Waals surface area contributed by atoms with Crippen molar-refractivity contribution >= 4 is 5.91 Å². The summed E-state index contributed by atoms with van der Waals surface area (Å²) in [7, 11) is 1.90. The molecule has 0 saturated carbocycles. The van der Waals surface area contributed by atoms with E-state index in [2.05, 4.69) is 28.6 Å². The van der Waals surface area contributed by atoms with Crippen LogP contribution in [0.2, 0.25) is 0 Å². The highest BCUT2D eigenvalue weighted by molar-refractivity contribution is 5.93. The minimum atomic E-state index is 0.0952. The van der Waals surface area contributed by atoms with Crippen molar-refractivity contribution < 1.29 is 4.79 Å². The average molecular weight is 320 g/mol. The van der Waals surface area contributed by atoms with E-state index < -0.39 is 0 Å². The fourth-order valence-electron chi connectivity index (χ4n) is 3.34. The van der Waals surface area contributed by atoms with Gasteiger partial charge in [-0.25, -0.2) is 4.98 Å². The zero-order valence-electron chi connectivity index (χ0n) is 13.9. The maximum atomic E-state index is 12.5. The van der Waals surface area contributed by atoms with Gasteiger partial charge < -0.3 is 14.0 Å². The van der Waals surface area contributed by atoms with Crippen LogP contribution in [-0.4, -0.2) is 38.0 Å². The number of imidazole rings is 1. The molecule has 0 radical (unpaired) electrons. The Morgan fingerprint density at radius 1 is 1.12 bits per heavy atom. The summed E-state index contributed by atoms with van der Waals surface area (Å²) >= 11 is 0. The minimum Gasteiger partial charge on any atom is -0.347 e. The zero-order valence-corrected chi connectivity index (χ0v) is 13.9. The van der Waals surface area contributed by atoms with Gasteiger partial charge in [-0.3, -0.25) is 4.79 Å². The fraction of sp³-hybridized carbons (Fsp3) is 0.263. The Bertz CT molecular complexity index is 872. The average Bonchev–Trinajstić information content (AvgIpc) is 3.13. The number of carbonyl (C=O) groups is 1. The summed E-state index contributed by atoms with van der Waals surface area (Å²) in [5.41, 5.74) is 2.97. The maximum absolute atomic E-state index is 12.5. The second-order valence-corrected chi connectivity index (χ2v) is 6.33. The molecule has 1 aliphatic heterocycles. The second kappa shape index (κ2) is 5.67. The molecular formula is C19H20N4O. The number of hydrogen-bond donors (Lipinski definition) is 0. The predicted molar refractivity (Wildman–Crippen MR) is 92.8 cm³/mol. The van der Waals surface area contributed by atoms with Gasteiger partial charge in [0.2, 0.25) is 0 Å². The van der Waals surface area contributed by atoms with E-state index in [9.17, 15) is 4.79 Å². The number of hydrogen-bond acceptors (Lipinski definition) is 2. The molecule has 0 aliphatic carbocycles. The van der Waals surface area contributed by atoms with E-state index in [0.717, 1.165) is 35.9 Å². The maximum Gasteiger partial charge on any atom is 0.270 e. The first-order valence-corrected chi connectivity index (χ1v) is 8.15. The topological polar surface area (TPSA) is 43.1 Å². The Balaban J connectivity index is 1.55. The minimum absolute atomic E-state index is 0.0952. The van der Waals surface area contributed by atoms with Crippen LogP contribution >= 0.6 is 0 Å². The molecule has 3 heterocycles. The second-order valence-electron chi connectivity index (χ2n) is 6.33. The lowest BCUT2D eigenvalue weighted by Gasteiger charge is -2.41. The van der Waals surface area contributed by atoms with Crippen LogP contribution in [0.25, 0.3) is 11.4 Å². The van der Waals surface area contributed by atoms with Gasteiger partial charge in [-0.15, -0.1) is 0 Å². The van der Waals surface area contributed by atoms with Gasteiger partial charge in [-0.2, -0.15) is 0 Å². The highest BCUT2D eigenvalue weighted by atomic mass is 16.2. The van der Waals surface area contributed by atoms with Gasteiger partial charge in [0, 0.05) is 43.8 Å². The quantitative estimate of drug-likeness (QED) is 0.745. The lowest BCUT2D eigenvalue weighted by Crippen LogP contribution is -2.51. The molecule has 24 heavy (non-hydrogen) atoms. The molecule has 4 rings (SSSR count). The highest BCUT2D eigenvalue weighted by Crippen LogP contribution is 2.30. The molecule has 2 aromatic heterocycles. The molecule has 5 heteroatoms. The summed E-state index contributed by atoms with van der Waals surface area (Å²) in [6.45, 7) is 3.52. The third kappa shape index (κ3) is 2.33. The molecule has 1 aliphatic rings. The van der Waals surface area contributed by atoms with Crippen molar-refractivity contribution in [2.45, 2.75) is 13.0 Å². The smallest absolute Gasteiger partial charge is 0.270 e. The first kappa shape index (κ1) is 14.8. The van der Waals surface area contributed by atoms with E-state index in [1.54, 1.807) is 0 Å². The van der Waals surface area contributed by atoms with Crippen molar-refractivity contribution in [3.05, 3.63) is 66.2 Å². The standard InChI is InChI=1S/C19H20N4O/c1-14-11-20-18(15-7-4-3-5-8-15)23(14)16-12-22(13-16)19(24)17-9-6-10-21(17)2/h3-11,16H,12-13H2,1-2H3. The molecule has 1 saturated heterocycles. The van der Waals surface area contributed by atoms with Gasteiger partial charge in [-0.1, -0.05) is 30.3 Å². The van der Waals surface area contributed by atoms with E-state index in [1.165, 1.54) is 0 Å². The summed E-state index contributed by atoms with van der Waals surface area (Å²) in [4.78, 5) is 19.0. The van der Waals surface area contributed by atoms with Crippen molar-refractivity contribution in [1.29, 1.82) is 0 Å². The van der Waals surface area contributed by atoms with Gasteiger partial charge >= 0.3 is 0 Å². The molecule has 0 N–H and O–H groups in total. The number of likely N-dealkylation sites (tertiary alicyclic amines) is 1. The van der Waals surface area contributed by atoms with Crippen LogP contribution in [0.1, 0.15) is 22.2 Å². The Kier molecular flexibility index (Phi) is 3.49. The zero-order chi connectivity index (χ0) is 16.7. The molecule has 1 aromatic carbocycles. The molecule has 5 nitrogen and oxygen atoms in total. The Morgan fingerprint density at radius 2 is 1.88 bits per heavy atom. The van der Waals surface area contributed by atoms with Gasteiger partial charge in [0.25, 0.3) is 5.91 Å². The van der Waals surface area contributed by atoms with Gasteiger partial charge in [0.05, 0.1) is 6.04 Å². The summed E-state index contributed by atoms with van der Waals surface area (Å²) in [5.74, 6) is 1.07. The molecule has 0 unspecified atom stereocenters.